The Morgan fingerprint density at radius 1 is 1.07 bits per heavy atom. The van der Waals surface area contributed by atoms with E-state index in [0.29, 0.717) is 18.8 Å². The topological polar surface area (TPSA) is 71.0 Å². The second kappa shape index (κ2) is 8.47. The van der Waals surface area contributed by atoms with Gasteiger partial charge in [-0.15, -0.1) is 4.83 Å². The molecule has 0 spiro atoms. The Balaban J connectivity index is 1.72. The highest BCUT2D eigenvalue weighted by Crippen LogP contribution is 2.19. The third kappa shape index (κ3) is 5.03. The number of rotatable bonds is 6. The second-order valence-electron chi connectivity index (χ2n) is 6.22. The summed E-state index contributed by atoms with van der Waals surface area (Å²) < 4.78 is 30.1. The molecule has 1 N–H and O–H groups in total. The fourth-order valence-electron chi connectivity index (χ4n) is 2.74. The highest BCUT2D eigenvalue weighted by Gasteiger charge is 2.18. The summed E-state index contributed by atoms with van der Waals surface area (Å²) in [6.07, 6.45) is 4.83. The number of hydrogen-bond acceptors (Lipinski definition) is 5. The summed E-state index contributed by atoms with van der Waals surface area (Å²) in [5, 5.41) is 1.69. The van der Waals surface area contributed by atoms with E-state index in [1.54, 1.807) is 36.4 Å². The second-order valence-corrected chi connectivity index (χ2v) is 7.88. The van der Waals surface area contributed by atoms with Crippen molar-refractivity contribution in [1.29, 1.82) is 0 Å². The zero-order chi connectivity index (χ0) is 19.3. The van der Waals surface area contributed by atoms with Crippen molar-refractivity contribution in [3.63, 3.8) is 0 Å². The molecule has 0 bridgehead atoms. The fraction of sp³-hybridized carbons (Fsp3) is 0.250. The van der Waals surface area contributed by atoms with Crippen molar-refractivity contribution in [3.05, 3.63) is 66.2 Å². The van der Waals surface area contributed by atoms with Gasteiger partial charge < -0.3 is 4.74 Å². The number of nitrogens with zero attached hydrogens (tertiary/aromatic N) is 2. The van der Waals surface area contributed by atoms with E-state index in [1.165, 1.54) is 0 Å². The molecule has 0 fully saturated rings. The van der Waals surface area contributed by atoms with E-state index in [9.17, 15) is 8.42 Å². The van der Waals surface area contributed by atoms with E-state index in [1.807, 2.05) is 43.3 Å². The maximum absolute atomic E-state index is 12.5. The monoisotopic (exact) mass is 385 g/mol. The van der Waals surface area contributed by atoms with E-state index in [0.717, 1.165) is 23.4 Å². The lowest BCUT2D eigenvalue weighted by Crippen LogP contribution is -2.43. The third-order valence-corrected chi connectivity index (χ3v) is 5.65. The first-order chi connectivity index (χ1) is 13.0. The number of hydrogen-bond donors (Lipinski definition) is 1. The summed E-state index contributed by atoms with van der Waals surface area (Å²) in [6.45, 7) is 3.15. The summed E-state index contributed by atoms with van der Waals surface area (Å²) in [4.78, 5) is 7.40. The minimum absolute atomic E-state index is 0.220. The molecule has 2 aromatic rings. The van der Waals surface area contributed by atoms with Gasteiger partial charge >= 0.3 is 0 Å². The van der Waals surface area contributed by atoms with Gasteiger partial charge in [-0.05, 0) is 67.4 Å². The Bertz CT molecular complexity index is 933. The number of methoxy groups -OCH3 is 1. The van der Waals surface area contributed by atoms with Gasteiger partial charge in [0.15, 0.2) is 0 Å². The molecule has 1 aliphatic rings. The van der Waals surface area contributed by atoms with Gasteiger partial charge in [-0.1, -0.05) is 12.2 Å². The molecule has 6 nitrogen and oxygen atoms in total. The summed E-state index contributed by atoms with van der Waals surface area (Å²) >= 11 is 0. The molecule has 0 aliphatic carbocycles. The molecule has 0 unspecified atom stereocenters. The molecule has 0 saturated heterocycles. The molecule has 3 rings (SSSR count). The normalized spacial score (nSPS) is 15.7. The molecule has 7 heteroatoms. The molecular formula is C20H23N3O3S. The van der Waals surface area contributed by atoms with Crippen molar-refractivity contribution >= 4 is 21.4 Å². The summed E-state index contributed by atoms with van der Waals surface area (Å²) in [5.41, 5.74) is 2.52. The molecule has 1 heterocycles. The lowest BCUT2D eigenvalue weighted by atomic mass is 10.1. The van der Waals surface area contributed by atoms with Gasteiger partial charge in [-0.3, -0.25) is 4.99 Å². The Hall–Kier alpha value is -2.48. The average Bonchev–Trinajstić information content (AvgIpc) is 2.69. The molecule has 0 atom stereocenters. The average molecular weight is 385 g/mol. The minimum Gasteiger partial charge on any atom is -0.497 e. The van der Waals surface area contributed by atoms with E-state index in [-0.39, 0.29) is 4.90 Å². The molecule has 0 aromatic heterocycles. The van der Waals surface area contributed by atoms with Crippen LogP contribution in [0.2, 0.25) is 0 Å². The van der Waals surface area contributed by atoms with Crippen molar-refractivity contribution in [2.75, 3.05) is 20.2 Å². The first-order valence-corrected chi connectivity index (χ1v) is 10.2. The maximum Gasteiger partial charge on any atom is 0.253 e. The van der Waals surface area contributed by atoms with Gasteiger partial charge in [0.2, 0.25) is 0 Å². The highest BCUT2D eigenvalue weighted by molar-refractivity contribution is 7.89. The Kier molecular flexibility index (Phi) is 6.05. The quantitative estimate of drug-likeness (QED) is 0.612. The van der Waals surface area contributed by atoms with E-state index in [2.05, 4.69) is 9.82 Å². The smallest absolute Gasteiger partial charge is 0.253 e. The molecule has 0 radical (unpaired) electrons. The van der Waals surface area contributed by atoms with Gasteiger partial charge in [-0.2, -0.15) is 0 Å². The lowest BCUT2D eigenvalue weighted by Gasteiger charge is -2.23. The summed E-state index contributed by atoms with van der Waals surface area (Å²) in [5.74, 6) is 0.790. The Morgan fingerprint density at radius 2 is 1.78 bits per heavy atom. The van der Waals surface area contributed by atoms with Gasteiger partial charge in [-0.25, -0.2) is 13.4 Å². The van der Waals surface area contributed by atoms with Gasteiger partial charge in [0.05, 0.1) is 17.7 Å². The van der Waals surface area contributed by atoms with Crippen LogP contribution in [0.5, 0.6) is 5.75 Å². The third-order valence-electron chi connectivity index (χ3n) is 4.26. The standard InChI is InChI=1S/C20H23N3O3S/c1-16(17-6-10-19(26-2)11-7-17)21-18-8-12-20(13-9-18)27(24,25)22-23-14-4-3-5-15-23/h3-4,6-13,22H,5,14-15H2,1-2H3. The zero-order valence-electron chi connectivity index (χ0n) is 15.4. The molecular weight excluding hydrogens is 362 g/mol. The van der Waals surface area contributed by atoms with E-state index >= 15 is 0 Å². The van der Waals surface area contributed by atoms with Crippen LogP contribution < -0.4 is 9.57 Å². The molecule has 0 amide bonds. The molecule has 0 saturated carbocycles. The first-order valence-electron chi connectivity index (χ1n) is 8.70. The molecule has 2 aromatic carbocycles. The van der Waals surface area contributed by atoms with Crippen molar-refractivity contribution < 1.29 is 13.2 Å². The minimum atomic E-state index is -3.59. The number of ether oxygens (including phenoxy) is 1. The number of nitrogens with one attached hydrogen (secondary N) is 1. The highest BCUT2D eigenvalue weighted by atomic mass is 32.2. The first kappa shape index (κ1) is 19.3. The summed E-state index contributed by atoms with van der Waals surface area (Å²) in [6, 6.07) is 14.2. The SMILES string of the molecule is COc1ccc(C(C)=Nc2ccc(S(=O)(=O)NN3CC=CCC3)cc2)cc1. The van der Waals surface area contributed by atoms with Crippen LogP contribution in [0.3, 0.4) is 0 Å². The molecule has 1 aliphatic heterocycles. The number of hydrazine groups is 1. The number of aliphatic imine (C=N–C) groups is 1. The Morgan fingerprint density at radius 3 is 2.37 bits per heavy atom. The van der Waals surface area contributed by atoms with Crippen LogP contribution in [0.15, 0.2) is 70.6 Å². The lowest BCUT2D eigenvalue weighted by molar-refractivity contribution is 0.263. The zero-order valence-corrected chi connectivity index (χ0v) is 16.2. The van der Waals surface area contributed by atoms with E-state index < -0.39 is 10.0 Å². The predicted octanol–water partition coefficient (Wildman–Crippen LogP) is 3.29. The van der Waals surface area contributed by atoms with Crippen LogP contribution >= 0.6 is 0 Å². The molecule has 27 heavy (non-hydrogen) atoms. The van der Waals surface area contributed by atoms with Crippen LogP contribution in [0.1, 0.15) is 18.9 Å². The molecule has 142 valence electrons. The van der Waals surface area contributed by atoms with Crippen LogP contribution in [0.25, 0.3) is 0 Å². The number of benzene rings is 2. The fourth-order valence-corrected chi connectivity index (χ4v) is 3.84. The predicted molar refractivity (Wildman–Crippen MR) is 107 cm³/mol. The van der Waals surface area contributed by atoms with Crippen molar-refractivity contribution in [1.82, 2.24) is 9.84 Å². The van der Waals surface area contributed by atoms with Crippen molar-refractivity contribution in [2.45, 2.75) is 18.2 Å². The van der Waals surface area contributed by atoms with Crippen LogP contribution in [-0.4, -0.2) is 39.3 Å². The summed E-state index contributed by atoms with van der Waals surface area (Å²) in [7, 11) is -1.96. The Labute approximate surface area is 160 Å². The van der Waals surface area contributed by atoms with Crippen LogP contribution in [-0.2, 0) is 10.0 Å². The van der Waals surface area contributed by atoms with Crippen molar-refractivity contribution in [2.24, 2.45) is 4.99 Å². The van der Waals surface area contributed by atoms with Crippen molar-refractivity contribution in [3.8, 4) is 5.75 Å². The van der Waals surface area contributed by atoms with E-state index in [4.69, 9.17) is 4.74 Å². The van der Waals surface area contributed by atoms with Gasteiger partial charge in [0, 0.05) is 18.8 Å². The largest absolute Gasteiger partial charge is 0.497 e. The maximum atomic E-state index is 12.5. The number of sulfonamides is 1. The van der Waals surface area contributed by atoms with Crippen LogP contribution in [0.4, 0.5) is 5.69 Å². The van der Waals surface area contributed by atoms with Gasteiger partial charge in [0.25, 0.3) is 10.0 Å². The van der Waals surface area contributed by atoms with Crippen LogP contribution in [0, 0.1) is 0 Å². The van der Waals surface area contributed by atoms with Gasteiger partial charge in [0.1, 0.15) is 5.75 Å².